The number of imidazole rings is 1. The molecule has 0 unspecified atom stereocenters. The number of rotatable bonds is 1. The van der Waals surface area contributed by atoms with Crippen LogP contribution in [0.2, 0.25) is 0 Å². The minimum absolute atomic E-state index is 0.556. The minimum atomic E-state index is 0.556. The van der Waals surface area contributed by atoms with Gasteiger partial charge in [-0.3, -0.25) is 4.79 Å². The number of nitrogens with one attached hydrogen (secondary N) is 1. The van der Waals surface area contributed by atoms with E-state index in [2.05, 4.69) is 9.97 Å². The van der Waals surface area contributed by atoms with Gasteiger partial charge in [0, 0.05) is 5.56 Å². The van der Waals surface area contributed by atoms with E-state index in [1.807, 2.05) is 0 Å². The van der Waals surface area contributed by atoms with Crippen molar-refractivity contribution in [3.63, 3.8) is 0 Å². The summed E-state index contributed by atoms with van der Waals surface area (Å²) < 4.78 is 0. The molecular formula is C8H7N3O. The van der Waals surface area contributed by atoms with Crippen molar-refractivity contribution in [2.24, 2.45) is 0 Å². The number of nitrogen functional groups attached to an aromatic ring is 1. The summed E-state index contributed by atoms with van der Waals surface area (Å²) in [6.07, 6.45) is 2.29. The van der Waals surface area contributed by atoms with Crippen molar-refractivity contribution in [1.29, 1.82) is 0 Å². The van der Waals surface area contributed by atoms with Crippen LogP contribution in [0.5, 0.6) is 0 Å². The molecule has 0 spiro atoms. The summed E-state index contributed by atoms with van der Waals surface area (Å²) in [4.78, 5) is 17.4. The van der Waals surface area contributed by atoms with Gasteiger partial charge in [-0.15, -0.1) is 0 Å². The Kier molecular flexibility index (Phi) is 1.33. The molecule has 1 aromatic carbocycles. The highest BCUT2D eigenvalue weighted by Gasteiger charge is 2.04. The van der Waals surface area contributed by atoms with E-state index in [9.17, 15) is 4.79 Å². The average molecular weight is 161 g/mol. The van der Waals surface area contributed by atoms with Crippen LogP contribution in [0.25, 0.3) is 11.0 Å². The van der Waals surface area contributed by atoms with Gasteiger partial charge < -0.3 is 10.7 Å². The van der Waals surface area contributed by atoms with E-state index in [0.717, 1.165) is 11.8 Å². The number of anilines is 1. The van der Waals surface area contributed by atoms with Gasteiger partial charge in [-0.25, -0.2) is 4.98 Å². The SMILES string of the molecule is Nc1ccc(C=O)c2nc[nH]c12. The van der Waals surface area contributed by atoms with Crippen LogP contribution in [0.1, 0.15) is 10.4 Å². The lowest BCUT2D eigenvalue weighted by Crippen LogP contribution is -1.89. The second-order valence-corrected chi connectivity index (χ2v) is 2.49. The van der Waals surface area contributed by atoms with E-state index in [0.29, 0.717) is 16.8 Å². The van der Waals surface area contributed by atoms with E-state index in [1.165, 1.54) is 6.33 Å². The normalized spacial score (nSPS) is 10.3. The highest BCUT2D eigenvalue weighted by Crippen LogP contribution is 2.19. The number of fused-ring (bicyclic) bond motifs is 1. The predicted molar refractivity (Wildman–Crippen MR) is 45.9 cm³/mol. The zero-order valence-electron chi connectivity index (χ0n) is 6.24. The summed E-state index contributed by atoms with van der Waals surface area (Å²) in [5.74, 6) is 0. The molecule has 1 heterocycles. The monoisotopic (exact) mass is 161 g/mol. The Morgan fingerprint density at radius 1 is 1.50 bits per heavy atom. The Hall–Kier alpha value is -1.84. The number of nitrogens with two attached hydrogens (primary N) is 1. The van der Waals surface area contributed by atoms with Crippen LogP contribution in [0.4, 0.5) is 5.69 Å². The van der Waals surface area contributed by atoms with Crippen LogP contribution in [-0.2, 0) is 0 Å². The number of aromatic amines is 1. The number of nitrogens with zero attached hydrogens (tertiary/aromatic N) is 1. The van der Waals surface area contributed by atoms with Gasteiger partial charge in [-0.05, 0) is 12.1 Å². The van der Waals surface area contributed by atoms with Crippen molar-refractivity contribution >= 4 is 23.0 Å². The topological polar surface area (TPSA) is 71.8 Å². The first kappa shape index (κ1) is 6.84. The summed E-state index contributed by atoms with van der Waals surface area (Å²) in [6.45, 7) is 0. The second-order valence-electron chi connectivity index (χ2n) is 2.49. The molecule has 0 aliphatic carbocycles. The van der Waals surface area contributed by atoms with Gasteiger partial charge in [0.25, 0.3) is 0 Å². The van der Waals surface area contributed by atoms with E-state index < -0.39 is 0 Å². The fourth-order valence-corrected chi connectivity index (χ4v) is 1.17. The smallest absolute Gasteiger partial charge is 0.152 e. The number of benzene rings is 1. The van der Waals surface area contributed by atoms with Crippen LogP contribution in [-0.4, -0.2) is 16.3 Å². The molecule has 60 valence electrons. The van der Waals surface area contributed by atoms with Crippen LogP contribution < -0.4 is 5.73 Å². The van der Waals surface area contributed by atoms with Gasteiger partial charge in [0.2, 0.25) is 0 Å². The molecule has 0 aliphatic heterocycles. The largest absolute Gasteiger partial charge is 0.397 e. The zero-order chi connectivity index (χ0) is 8.55. The molecule has 0 saturated carbocycles. The zero-order valence-corrected chi connectivity index (χ0v) is 6.24. The van der Waals surface area contributed by atoms with Gasteiger partial charge in [0.1, 0.15) is 5.52 Å². The quantitative estimate of drug-likeness (QED) is 0.483. The van der Waals surface area contributed by atoms with E-state index in [4.69, 9.17) is 5.73 Å². The molecule has 0 bridgehead atoms. The van der Waals surface area contributed by atoms with Crippen LogP contribution in [0.15, 0.2) is 18.5 Å². The van der Waals surface area contributed by atoms with Gasteiger partial charge in [-0.2, -0.15) is 0 Å². The Morgan fingerprint density at radius 2 is 2.33 bits per heavy atom. The molecule has 4 heteroatoms. The molecular weight excluding hydrogens is 154 g/mol. The van der Waals surface area contributed by atoms with Crippen LogP contribution in [0, 0.1) is 0 Å². The summed E-state index contributed by atoms with van der Waals surface area (Å²) in [5.41, 5.74) is 8.15. The first-order valence-electron chi connectivity index (χ1n) is 3.49. The third kappa shape index (κ3) is 0.780. The lowest BCUT2D eigenvalue weighted by Gasteiger charge is -1.95. The Bertz CT molecular complexity index is 433. The molecule has 1 aromatic heterocycles. The maximum absolute atomic E-state index is 10.5. The highest BCUT2D eigenvalue weighted by atomic mass is 16.1. The first-order valence-corrected chi connectivity index (χ1v) is 3.49. The molecule has 0 atom stereocenters. The fraction of sp³-hybridized carbons (Fsp3) is 0. The van der Waals surface area contributed by atoms with Crippen molar-refractivity contribution in [2.45, 2.75) is 0 Å². The molecule has 0 fully saturated rings. The van der Waals surface area contributed by atoms with Gasteiger partial charge in [0.15, 0.2) is 6.29 Å². The van der Waals surface area contributed by atoms with Gasteiger partial charge >= 0.3 is 0 Å². The third-order valence-corrected chi connectivity index (χ3v) is 1.77. The Labute approximate surface area is 68.4 Å². The maximum Gasteiger partial charge on any atom is 0.152 e. The number of carbonyl (C=O) groups is 1. The van der Waals surface area contributed by atoms with Gasteiger partial charge in [0.05, 0.1) is 17.5 Å². The van der Waals surface area contributed by atoms with Crippen molar-refractivity contribution in [2.75, 3.05) is 5.73 Å². The highest BCUT2D eigenvalue weighted by molar-refractivity contribution is 5.99. The molecule has 3 N–H and O–H groups in total. The number of aromatic nitrogens is 2. The van der Waals surface area contributed by atoms with Crippen molar-refractivity contribution in [3.8, 4) is 0 Å². The molecule has 2 aromatic rings. The Morgan fingerprint density at radius 3 is 3.08 bits per heavy atom. The minimum Gasteiger partial charge on any atom is -0.397 e. The lowest BCUT2D eigenvalue weighted by atomic mass is 10.2. The number of hydrogen-bond donors (Lipinski definition) is 2. The lowest BCUT2D eigenvalue weighted by molar-refractivity contribution is 0.112. The first-order chi connectivity index (χ1) is 5.83. The third-order valence-electron chi connectivity index (χ3n) is 1.77. The van der Waals surface area contributed by atoms with E-state index >= 15 is 0 Å². The van der Waals surface area contributed by atoms with Crippen LogP contribution in [0.3, 0.4) is 0 Å². The summed E-state index contributed by atoms with van der Waals surface area (Å²) >= 11 is 0. The van der Waals surface area contributed by atoms with Crippen molar-refractivity contribution in [1.82, 2.24) is 9.97 Å². The van der Waals surface area contributed by atoms with Crippen molar-refractivity contribution < 1.29 is 4.79 Å². The average Bonchev–Trinajstić information content (AvgIpc) is 2.54. The summed E-state index contributed by atoms with van der Waals surface area (Å²) in [5, 5.41) is 0. The summed E-state index contributed by atoms with van der Waals surface area (Å²) in [7, 11) is 0. The summed E-state index contributed by atoms with van der Waals surface area (Å²) in [6, 6.07) is 3.34. The Balaban J connectivity index is 2.91. The number of hydrogen-bond acceptors (Lipinski definition) is 3. The van der Waals surface area contributed by atoms with Gasteiger partial charge in [-0.1, -0.05) is 0 Å². The fourth-order valence-electron chi connectivity index (χ4n) is 1.17. The molecule has 4 nitrogen and oxygen atoms in total. The van der Waals surface area contributed by atoms with E-state index in [-0.39, 0.29) is 0 Å². The molecule has 0 radical (unpaired) electrons. The second kappa shape index (κ2) is 2.34. The van der Waals surface area contributed by atoms with Crippen molar-refractivity contribution in [3.05, 3.63) is 24.0 Å². The molecule has 0 aliphatic rings. The number of aldehydes is 1. The molecule has 0 amide bonds. The predicted octanol–water partition coefficient (Wildman–Crippen LogP) is 0.958. The molecule has 2 rings (SSSR count). The van der Waals surface area contributed by atoms with Crippen LogP contribution >= 0.6 is 0 Å². The molecule has 12 heavy (non-hydrogen) atoms. The standard InChI is InChI=1S/C8H7N3O/c9-6-2-1-5(3-12)7-8(6)11-4-10-7/h1-4H,9H2,(H,10,11). The number of carbonyl (C=O) groups excluding carboxylic acids is 1. The number of H-pyrrole nitrogens is 1. The maximum atomic E-state index is 10.5. The van der Waals surface area contributed by atoms with E-state index in [1.54, 1.807) is 12.1 Å². The molecule has 0 saturated heterocycles.